The highest BCUT2D eigenvalue weighted by Crippen LogP contribution is 2.30. The van der Waals surface area contributed by atoms with E-state index in [1.165, 1.54) is 19.1 Å². The van der Waals surface area contributed by atoms with E-state index < -0.39 is 9.84 Å². The van der Waals surface area contributed by atoms with Gasteiger partial charge in [0.2, 0.25) is 0 Å². The van der Waals surface area contributed by atoms with Gasteiger partial charge in [-0.1, -0.05) is 19.1 Å². The van der Waals surface area contributed by atoms with Crippen molar-refractivity contribution in [3.8, 4) is 11.3 Å². The third kappa shape index (κ3) is 3.33. The van der Waals surface area contributed by atoms with Gasteiger partial charge in [-0.3, -0.25) is 0 Å². The van der Waals surface area contributed by atoms with Crippen molar-refractivity contribution in [3.63, 3.8) is 0 Å². The van der Waals surface area contributed by atoms with Crippen molar-refractivity contribution in [1.82, 2.24) is 4.98 Å². The average Bonchev–Trinajstić information content (AvgIpc) is 2.96. The van der Waals surface area contributed by atoms with Gasteiger partial charge in [-0.25, -0.2) is 13.4 Å². The Balaban J connectivity index is 1.81. The lowest BCUT2D eigenvalue weighted by Gasteiger charge is -2.30. The molecule has 4 nitrogen and oxygen atoms in total. The number of hydrogen-bond donors (Lipinski definition) is 0. The molecule has 1 aliphatic heterocycles. The molecule has 1 aromatic carbocycles. The third-order valence-electron chi connectivity index (χ3n) is 4.00. The number of anilines is 1. The van der Waals surface area contributed by atoms with Crippen LogP contribution in [0.3, 0.4) is 0 Å². The molecule has 2 aromatic rings. The number of thiazole rings is 1. The molecule has 1 fully saturated rings. The maximum absolute atomic E-state index is 11.5. The second kappa shape index (κ2) is 6.01. The molecule has 0 N–H and O–H groups in total. The van der Waals surface area contributed by atoms with Crippen LogP contribution in [0.1, 0.15) is 19.8 Å². The van der Waals surface area contributed by atoms with Gasteiger partial charge in [0, 0.05) is 30.3 Å². The lowest BCUT2D eigenvalue weighted by Crippen LogP contribution is -2.34. The molecule has 1 aromatic heterocycles. The van der Waals surface area contributed by atoms with Crippen molar-refractivity contribution in [3.05, 3.63) is 29.6 Å². The zero-order valence-electron chi connectivity index (χ0n) is 12.8. The molecule has 1 atom stereocenters. The van der Waals surface area contributed by atoms with Crippen molar-refractivity contribution >= 4 is 26.3 Å². The summed E-state index contributed by atoms with van der Waals surface area (Å²) < 4.78 is 23.0. The number of piperidine rings is 1. The Labute approximate surface area is 135 Å². The average molecular weight is 336 g/mol. The molecule has 1 aliphatic rings. The molecule has 0 unspecified atom stereocenters. The number of sulfone groups is 1. The molecular formula is C16H20N2O2S2. The fraction of sp³-hybridized carbons (Fsp3) is 0.438. The summed E-state index contributed by atoms with van der Waals surface area (Å²) in [7, 11) is -3.15. The van der Waals surface area contributed by atoms with Crippen LogP contribution in [0.5, 0.6) is 0 Å². The summed E-state index contributed by atoms with van der Waals surface area (Å²) in [5.74, 6) is 0.718. The summed E-state index contributed by atoms with van der Waals surface area (Å²) in [4.78, 5) is 7.42. The van der Waals surface area contributed by atoms with E-state index in [1.807, 2.05) is 17.5 Å². The highest BCUT2D eigenvalue weighted by Gasteiger charge is 2.19. The Morgan fingerprint density at radius 1 is 1.27 bits per heavy atom. The van der Waals surface area contributed by atoms with Crippen LogP contribution in [0.15, 0.2) is 34.5 Å². The molecule has 3 rings (SSSR count). The van der Waals surface area contributed by atoms with Crippen LogP contribution in [0.4, 0.5) is 5.13 Å². The van der Waals surface area contributed by atoms with Gasteiger partial charge in [0.1, 0.15) is 0 Å². The van der Waals surface area contributed by atoms with Gasteiger partial charge in [-0.05, 0) is 30.9 Å². The number of rotatable bonds is 3. The quantitative estimate of drug-likeness (QED) is 0.861. The van der Waals surface area contributed by atoms with Crippen LogP contribution in [0, 0.1) is 5.92 Å². The van der Waals surface area contributed by atoms with Crippen LogP contribution < -0.4 is 4.90 Å². The summed E-state index contributed by atoms with van der Waals surface area (Å²) in [5.41, 5.74) is 1.87. The van der Waals surface area contributed by atoms with Crippen LogP contribution in [-0.2, 0) is 9.84 Å². The van der Waals surface area contributed by atoms with E-state index in [-0.39, 0.29) is 0 Å². The molecule has 0 aliphatic carbocycles. The van der Waals surface area contributed by atoms with E-state index in [2.05, 4.69) is 11.8 Å². The molecule has 0 bridgehead atoms. The Bertz CT molecular complexity index is 751. The summed E-state index contributed by atoms with van der Waals surface area (Å²) >= 11 is 1.66. The maximum atomic E-state index is 11.5. The summed E-state index contributed by atoms with van der Waals surface area (Å²) in [5, 5.41) is 3.11. The second-order valence-corrected chi connectivity index (χ2v) is 8.86. The molecule has 0 amide bonds. The molecule has 6 heteroatoms. The Hall–Kier alpha value is -1.40. The fourth-order valence-electron chi connectivity index (χ4n) is 2.78. The Kier molecular flexibility index (Phi) is 4.23. The fourth-order valence-corrected chi connectivity index (χ4v) is 4.28. The summed E-state index contributed by atoms with van der Waals surface area (Å²) in [6, 6.07) is 6.95. The minimum Gasteiger partial charge on any atom is -0.348 e. The first kappa shape index (κ1) is 15.5. The van der Waals surface area contributed by atoms with Gasteiger partial charge >= 0.3 is 0 Å². The molecule has 0 spiro atoms. The highest BCUT2D eigenvalue weighted by molar-refractivity contribution is 7.90. The van der Waals surface area contributed by atoms with Crippen molar-refractivity contribution in [2.24, 2.45) is 5.92 Å². The van der Waals surface area contributed by atoms with E-state index in [9.17, 15) is 8.42 Å². The third-order valence-corrected chi connectivity index (χ3v) is 6.03. The SMILES string of the molecule is C[C@@H]1CCCN(c2nc(-c3ccc(S(C)(=O)=O)cc3)cs2)C1. The van der Waals surface area contributed by atoms with E-state index in [0.29, 0.717) is 4.90 Å². The van der Waals surface area contributed by atoms with Gasteiger partial charge in [-0.2, -0.15) is 0 Å². The lowest BCUT2D eigenvalue weighted by molar-refractivity contribution is 0.446. The zero-order chi connectivity index (χ0) is 15.7. The largest absolute Gasteiger partial charge is 0.348 e. The molecule has 22 heavy (non-hydrogen) atoms. The smallest absolute Gasteiger partial charge is 0.185 e. The van der Waals surface area contributed by atoms with Crippen LogP contribution >= 0.6 is 11.3 Å². The maximum Gasteiger partial charge on any atom is 0.185 e. The first-order valence-corrected chi connectivity index (χ1v) is 10.2. The minimum absolute atomic E-state index is 0.344. The van der Waals surface area contributed by atoms with E-state index in [0.717, 1.165) is 35.4 Å². The van der Waals surface area contributed by atoms with Crippen LogP contribution in [0.25, 0.3) is 11.3 Å². The van der Waals surface area contributed by atoms with Crippen molar-refractivity contribution in [2.75, 3.05) is 24.2 Å². The number of benzene rings is 1. The Morgan fingerprint density at radius 2 is 2.00 bits per heavy atom. The Morgan fingerprint density at radius 3 is 2.64 bits per heavy atom. The lowest BCUT2D eigenvalue weighted by atomic mass is 10.0. The van der Waals surface area contributed by atoms with Crippen molar-refractivity contribution in [2.45, 2.75) is 24.7 Å². The standard InChI is InChI=1S/C16H20N2O2S2/c1-12-4-3-9-18(10-12)16-17-15(11-21-16)13-5-7-14(8-6-13)22(2,19)20/h5-8,11-12H,3-4,9-10H2,1-2H3/t12-/m1/s1. The topological polar surface area (TPSA) is 50.3 Å². The molecule has 1 saturated heterocycles. The van der Waals surface area contributed by atoms with Crippen LogP contribution in [-0.4, -0.2) is 32.7 Å². The second-order valence-electron chi connectivity index (χ2n) is 6.01. The molecule has 2 heterocycles. The van der Waals surface area contributed by atoms with Crippen LogP contribution in [0.2, 0.25) is 0 Å². The van der Waals surface area contributed by atoms with Gasteiger partial charge < -0.3 is 4.90 Å². The normalized spacial score (nSPS) is 19.4. The van der Waals surface area contributed by atoms with Gasteiger partial charge in [0.05, 0.1) is 10.6 Å². The van der Waals surface area contributed by atoms with Crippen molar-refractivity contribution in [1.29, 1.82) is 0 Å². The van der Waals surface area contributed by atoms with E-state index in [1.54, 1.807) is 23.5 Å². The van der Waals surface area contributed by atoms with Gasteiger partial charge in [0.25, 0.3) is 0 Å². The highest BCUT2D eigenvalue weighted by atomic mass is 32.2. The molecule has 0 saturated carbocycles. The monoisotopic (exact) mass is 336 g/mol. The summed E-state index contributed by atoms with van der Waals surface area (Å²) in [6.07, 6.45) is 3.74. The van der Waals surface area contributed by atoms with Gasteiger partial charge in [0.15, 0.2) is 15.0 Å². The number of nitrogens with zero attached hydrogens (tertiary/aromatic N) is 2. The number of aromatic nitrogens is 1. The number of hydrogen-bond acceptors (Lipinski definition) is 5. The zero-order valence-corrected chi connectivity index (χ0v) is 14.5. The first-order valence-electron chi connectivity index (χ1n) is 7.44. The molecule has 0 radical (unpaired) electrons. The summed E-state index contributed by atoms with van der Waals surface area (Å²) in [6.45, 7) is 4.43. The van der Waals surface area contributed by atoms with E-state index >= 15 is 0 Å². The van der Waals surface area contributed by atoms with Crippen molar-refractivity contribution < 1.29 is 8.42 Å². The first-order chi connectivity index (χ1) is 10.4. The minimum atomic E-state index is -3.15. The molecular weight excluding hydrogens is 316 g/mol. The predicted molar refractivity (Wildman–Crippen MR) is 91.3 cm³/mol. The van der Waals surface area contributed by atoms with E-state index in [4.69, 9.17) is 4.98 Å². The predicted octanol–water partition coefficient (Wildman–Crippen LogP) is 3.45. The molecule has 118 valence electrons. The van der Waals surface area contributed by atoms with Gasteiger partial charge in [-0.15, -0.1) is 11.3 Å².